The van der Waals surface area contributed by atoms with Gasteiger partial charge in [-0.25, -0.2) is 8.78 Å². The van der Waals surface area contributed by atoms with Crippen LogP contribution < -0.4 is 0 Å². The molecule has 6 heteroatoms. The molecule has 0 aliphatic rings. The summed E-state index contributed by atoms with van der Waals surface area (Å²) in [4.78, 5) is 3.91. The van der Waals surface area contributed by atoms with Gasteiger partial charge in [0.25, 0.3) is 0 Å². The Morgan fingerprint density at radius 1 is 1.05 bits per heavy atom. The van der Waals surface area contributed by atoms with E-state index in [9.17, 15) is 8.78 Å². The van der Waals surface area contributed by atoms with Gasteiger partial charge in [0.1, 0.15) is 0 Å². The predicted molar refractivity (Wildman–Crippen MR) is 73.2 cm³/mol. The van der Waals surface area contributed by atoms with E-state index in [4.69, 9.17) is 5.21 Å². The number of hydrogen-bond donors (Lipinski definition) is 1. The van der Waals surface area contributed by atoms with E-state index in [1.165, 1.54) is 24.7 Å². The molecule has 1 N–H and O–H groups in total. The van der Waals surface area contributed by atoms with Crippen LogP contribution in [0.4, 0.5) is 8.78 Å². The third-order valence-corrected chi connectivity index (χ3v) is 2.24. The Kier molecular flexibility index (Phi) is 5.63. The Morgan fingerprint density at radius 2 is 1.80 bits per heavy atom. The number of hydrogen-bond acceptors (Lipinski definition) is 3. The molecule has 2 aromatic rings. The lowest BCUT2D eigenvalue weighted by atomic mass is 10.2. The Bertz CT molecular complexity index is 693. The van der Waals surface area contributed by atoms with Crippen molar-refractivity contribution in [2.45, 2.75) is 0 Å². The Hall–Kier alpha value is -2.45. The van der Waals surface area contributed by atoms with Gasteiger partial charge in [-0.05, 0) is 24.3 Å². The molecule has 0 aliphatic heterocycles. The summed E-state index contributed by atoms with van der Waals surface area (Å²) < 4.78 is 25.7. The third kappa shape index (κ3) is 4.04. The molecule has 102 valence electrons. The minimum Gasteiger partial charge on any atom is -0.411 e. The second-order valence-electron chi connectivity index (χ2n) is 3.63. The second kappa shape index (κ2) is 7.22. The van der Waals surface area contributed by atoms with Crippen molar-refractivity contribution in [3.63, 3.8) is 0 Å². The van der Waals surface area contributed by atoms with Gasteiger partial charge in [-0.2, -0.15) is 0 Å². The summed E-state index contributed by atoms with van der Waals surface area (Å²) in [6.45, 7) is 0. The number of halogens is 3. The highest BCUT2D eigenvalue weighted by Gasteiger charge is 2.00. The van der Waals surface area contributed by atoms with Crippen LogP contribution in [-0.4, -0.2) is 16.4 Å². The predicted octanol–water partition coefficient (Wildman–Crippen LogP) is 2.99. The minimum absolute atomic E-state index is 0. The third-order valence-electron chi connectivity index (χ3n) is 2.24. The summed E-state index contributed by atoms with van der Waals surface area (Å²) in [6, 6.07) is 5.08. The van der Waals surface area contributed by atoms with Crippen molar-refractivity contribution in [3.05, 3.63) is 65.0 Å². The topological polar surface area (TPSA) is 45.5 Å². The van der Waals surface area contributed by atoms with Gasteiger partial charge in [0.15, 0.2) is 11.6 Å². The van der Waals surface area contributed by atoms with Crippen LogP contribution in [0.3, 0.4) is 0 Å². The van der Waals surface area contributed by atoms with Gasteiger partial charge in [0.2, 0.25) is 0 Å². The standard InChI is InChI=1S/C14H8F2N2O.ClH/c15-13-4-3-10(6-14(13)16)1-2-11-5-12(9-18-19)8-17-7-11;/h3-9,19H;1H/b18-9+;. The maximum Gasteiger partial charge on any atom is 0.160 e. The summed E-state index contributed by atoms with van der Waals surface area (Å²) >= 11 is 0. The zero-order valence-corrected chi connectivity index (χ0v) is 10.9. The van der Waals surface area contributed by atoms with Crippen LogP contribution >= 0.6 is 12.4 Å². The fraction of sp³-hybridized carbons (Fsp3) is 0. The largest absolute Gasteiger partial charge is 0.411 e. The molecule has 0 atom stereocenters. The average Bonchev–Trinajstić information content (AvgIpc) is 2.41. The van der Waals surface area contributed by atoms with E-state index in [0.29, 0.717) is 16.7 Å². The fourth-order valence-electron chi connectivity index (χ4n) is 1.38. The molecular formula is C14H9ClF2N2O. The number of oxime groups is 1. The monoisotopic (exact) mass is 294 g/mol. The van der Waals surface area contributed by atoms with Gasteiger partial charge < -0.3 is 5.21 Å². The first-order valence-electron chi connectivity index (χ1n) is 5.28. The normalized spacial score (nSPS) is 9.70. The molecule has 0 fully saturated rings. The van der Waals surface area contributed by atoms with Gasteiger partial charge in [-0.3, -0.25) is 4.98 Å². The van der Waals surface area contributed by atoms with Crippen molar-refractivity contribution in [2.75, 3.05) is 0 Å². The van der Waals surface area contributed by atoms with Crippen LogP contribution in [0, 0.1) is 23.5 Å². The van der Waals surface area contributed by atoms with Crippen LogP contribution in [0.5, 0.6) is 0 Å². The fourth-order valence-corrected chi connectivity index (χ4v) is 1.38. The van der Waals surface area contributed by atoms with Crippen molar-refractivity contribution in [1.82, 2.24) is 4.98 Å². The van der Waals surface area contributed by atoms with Gasteiger partial charge in [0, 0.05) is 29.1 Å². The van der Waals surface area contributed by atoms with Crippen molar-refractivity contribution >= 4 is 18.6 Å². The molecule has 1 aromatic heterocycles. The first-order chi connectivity index (χ1) is 9.19. The molecule has 0 saturated heterocycles. The zero-order valence-electron chi connectivity index (χ0n) is 10.0. The number of nitrogens with zero attached hydrogens (tertiary/aromatic N) is 2. The number of aromatic nitrogens is 1. The highest BCUT2D eigenvalue weighted by molar-refractivity contribution is 5.85. The van der Waals surface area contributed by atoms with Crippen LogP contribution in [0.2, 0.25) is 0 Å². The quantitative estimate of drug-likeness (QED) is 0.380. The van der Waals surface area contributed by atoms with E-state index in [-0.39, 0.29) is 12.4 Å². The molecule has 0 unspecified atom stereocenters. The number of benzene rings is 1. The van der Waals surface area contributed by atoms with E-state index in [1.54, 1.807) is 6.07 Å². The summed E-state index contributed by atoms with van der Waals surface area (Å²) in [5.41, 5.74) is 1.52. The molecule has 0 saturated carbocycles. The average molecular weight is 295 g/mol. The minimum atomic E-state index is -0.939. The maximum atomic E-state index is 13.0. The smallest absolute Gasteiger partial charge is 0.160 e. The van der Waals surface area contributed by atoms with Gasteiger partial charge in [0.05, 0.1) is 6.21 Å². The van der Waals surface area contributed by atoms with Crippen molar-refractivity contribution in [1.29, 1.82) is 0 Å². The molecule has 3 nitrogen and oxygen atoms in total. The Morgan fingerprint density at radius 3 is 2.50 bits per heavy atom. The van der Waals surface area contributed by atoms with E-state index in [0.717, 1.165) is 12.1 Å². The van der Waals surface area contributed by atoms with Gasteiger partial charge >= 0.3 is 0 Å². The molecule has 20 heavy (non-hydrogen) atoms. The summed E-state index contributed by atoms with van der Waals surface area (Å²) in [7, 11) is 0. The number of rotatable bonds is 1. The molecule has 0 bridgehead atoms. The lowest BCUT2D eigenvalue weighted by Gasteiger charge is -1.94. The summed E-state index contributed by atoms with van der Waals surface area (Å²) in [5, 5.41) is 11.3. The molecule has 0 radical (unpaired) electrons. The Balaban J connectivity index is 0.00000200. The zero-order chi connectivity index (χ0) is 13.7. The van der Waals surface area contributed by atoms with Crippen molar-refractivity contribution < 1.29 is 14.0 Å². The Labute approximate surface area is 120 Å². The highest BCUT2D eigenvalue weighted by Crippen LogP contribution is 2.08. The van der Waals surface area contributed by atoms with Crippen LogP contribution in [0.15, 0.2) is 41.8 Å². The van der Waals surface area contributed by atoms with Crippen molar-refractivity contribution in [2.24, 2.45) is 5.16 Å². The van der Waals surface area contributed by atoms with Crippen LogP contribution in [0.25, 0.3) is 0 Å². The summed E-state index contributed by atoms with van der Waals surface area (Å²) in [5.74, 6) is 3.61. The van der Waals surface area contributed by atoms with Crippen LogP contribution in [-0.2, 0) is 0 Å². The van der Waals surface area contributed by atoms with E-state index in [2.05, 4.69) is 22.0 Å². The molecule has 0 amide bonds. The summed E-state index contributed by atoms with van der Waals surface area (Å²) in [6.07, 6.45) is 4.24. The van der Waals surface area contributed by atoms with E-state index >= 15 is 0 Å². The lowest BCUT2D eigenvalue weighted by Crippen LogP contribution is -1.87. The van der Waals surface area contributed by atoms with Gasteiger partial charge in [-0.1, -0.05) is 17.0 Å². The first-order valence-corrected chi connectivity index (χ1v) is 5.28. The molecule has 2 rings (SSSR count). The highest BCUT2D eigenvalue weighted by atomic mass is 35.5. The van der Waals surface area contributed by atoms with Crippen LogP contribution in [0.1, 0.15) is 16.7 Å². The first kappa shape index (κ1) is 15.6. The van der Waals surface area contributed by atoms with E-state index in [1.807, 2.05) is 0 Å². The molecule has 1 aromatic carbocycles. The van der Waals surface area contributed by atoms with E-state index < -0.39 is 11.6 Å². The second-order valence-corrected chi connectivity index (χ2v) is 3.63. The van der Waals surface area contributed by atoms with Crippen molar-refractivity contribution in [3.8, 4) is 11.8 Å². The molecule has 0 aliphatic carbocycles. The SMILES string of the molecule is Cl.O/N=C/c1cncc(C#Cc2ccc(F)c(F)c2)c1. The molecule has 0 spiro atoms. The maximum absolute atomic E-state index is 13.0. The molecule has 1 heterocycles. The number of pyridine rings is 1. The lowest BCUT2D eigenvalue weighted by molar-refractivity contribution is 0.322. The van der Waals surface area contributed by atoms with Gasteiger partial charge in [-0.15, -0.1) is 12.4 Å². The molecular weight excluding hydrogens is 286 g/mol.